The Morgan fingerprint density at radius 1 is 0.575 bits per heavy atom. The molecule has 0 aliphatic carbocycles. The average Bonchev–Trinajstić information content (AvgIpc) is 3.76. The third kappa shape index (κ3) is 7.45. The highest BCUT2D eigenvalue weighted by molar-refractivity contribution is 7.11. The summed E-state index contributed by atoms with van der Waals surface area (Å²) >= 11 is 3.00. The number of rotatable bonds is 20. The zero-order valence-corrected chi connectivity index (χ0v) is 24.6. The average molecular weight is 593 g/mol. The van der Waals surface area contributed by atoms with Gasteiger partial charge in [0, 0.05) is 27.3 Å². The molecule has 0 radical (unpaired) electrons. The summed E-state index contributed by atoms with van der Waals surface area (Å²) in [4.78, 5) is 33.0. The zero-order chi connectivity index (χ0) is 28.2. The van der Waals surface area contributed by atoms with Gasteiger partial charge in [0.1, 0.15) is 0 Å². The predicted octanol–water partition coefficient (Wildman–Crippen LogP) is 2.98. The van der Waals surface area contributed by atoms with Gasteiger partial charge in [0.05, 0.1) is 98.4 Å². The maximum absolute atomic E-state index is 13.9. The lowest BCUT2D eigenvalue weighted by Gasteiger charge is -2.24. The molecule has 0 fully saturated rings. The summed E-state index contributed by atoms with van der Waals surface area (Å²) in [6.07, 6.45) is 0. The number of ether oxygens (including phenoxy) is 6. The van der Waals surface area contributed by atoms with Crippen LogP contribution in [0.1, 0.15) is 9.75 Å². The molecule has 2 amide bonds. The van der Waals surface area contributed by atoms with Crippen molar-refractivity contribution >= 4 is 45.9 Å². The lowest BCUT2D eigenvalue weighted by Crippen LogP contribution is -2.33. The highest BCUT2D eigenvalue weighted by Gasteiger charge is 2.49. The Labute approximate surface area is 242 Å². The van der Waals surface area contributed by atoms with E-state index >= 15 is 0 Å². The molecule has 0 saturated carbocycles. The first-order valence-corrected chi connectivity index (χ1v) is 14.9. The van der Waals surface area contributed by atoms with Crippen molar-refractivity contribution in [2.45, 2.75) is 0 Å². The summed E-state index contributed by atoms with van der Waals surface area (Å²) in [5.41, 5.74) is 2.18. The molecule has 218 valence electrons. The van der Waals surface area contributed by atoms with Crippen molar-refractivity contribution in [2.24, 2.45) is 0 Å². The number of methoxy groups -OCH3 is 2. The highest BCUT2D eigenvalue weighted by Crippen LogP contribution is 2.47. The van der Waals surface area contributed by atoms with Crippen molar-refractivity contribution in [3.05, 3.63) is 55.9 Å². The van der Waals surface area contributed by atoms with E-state index in [4.69, 9.17) is 28.4 Å². The minimum absolute atomic E-state index is 0.190. The van der Waals surface area contributed by atoms with Crippen LogP contribution in [0.4, 0.5) is 0 Å². The number of thiophene rings is 2. The Morgan fingerprint density at radius 2 is 0.950 bits per heavy atom. The fourth-order valence-electron chi connectivity index (χ4n) is 4.40. The first-order chi connectivity index (χ1) is 19.7. The Hall–Kier alpha value is -2.42. The van der Waals surface area contributed by atoms with Crippen molar-refractivity contribution in [3.63, 3.8) is 0 Å². The van der Waals surface area contributed by atoms with Gasteiger partial charge in [-0.2, -0.15) is 0 Å². The van der Waals surface area contributed by atoms with Crippen LogP contribution < -0.4 is 0 Å². The molecule has 40 heavy (non-hydrogen) atoms. The largest absolute Gasteiger partial charge is 0.382 e. The molecule has 0 aromatic carbocycles. The maximum Gasteiger partial charge on any atom is 0.261 e. The van der Waals surface area contributed by atoms with Crippen molar-refractivity contribution in [1.82, 2.24) is 9.80 Å². The molecule has 0 N–H and O–H groups in total. The first-order valence-electron chi connectivity index (χ1n) is 13.2. The molecule has 2 aliphatic heterocycles. The molecule has 12 heteroatoms. The summed E-state index contributed by atoms with van der Waals surface area (Å²) in [5, 5.41) is 3.89. The van der Waals surface area contributed by atoms with Gasteiger partial charge >= 0.3 is 0 Å². The van der Waals surface area contributed by atoms with Gasteiger partial charge in [-0.1, -0.05) is 12.1 Å². The van der Waals surface area contributed by atoms with Gasteiger partial charge < -0.3 is 38.2 Å². The van der Waals surface area contributed by atoms with Crippen LogP contribution in [0.3, 0.4) is 0 Å². The lowest BCUT2D eigenvalue weighted by molar-refractivity contribution is -0.124. The van der Waals surface area contributed by atoms with E-state index in [9.17, 15) is 9.59 Å². The summed E-state index contributed by atoms with van der Waals surface area (Å²) in [5.74, 6) is -0.380. The molecular formula is C28H36N2O8S2. The molecule has 2 aromatic rings. The summed E-state index contributed by atoms with van der Waals surface area (Å²) in [7, 11) is 3.25. The smallest absolute Gasteiger partial charge is 0.261 e. The molecular weight excluding hydrogens is 556 g/mol. The monoisotopic (exact) mass is 592 g/mol. The molecule has 0 atom stereocenters. The van der Waals surface area contributed by atoms with Gasteiger partial charge in [0.15, 0.2) is 0 Å². The van der Waals surface area contributed by atoms with Crippen molar-refractivity contribution in [3.8, 4) is 0 Å². The van der Waals surface area contributed by atoms with Crippen LogP contribution in [0.2, 0.25) is 0 Å². The zero-order valence-electron chi connectivity index (χ0n) is 22.9. The number of hydrogen-bond acceptors (Lipinski definition) is 10. The van der Waals surface area contributed by atoms with E-state index < -0.39 is 0 Å². The van der Waals surface area contributed by atoms with Crippen LogP contribution in [-0.4, -0.2) is 115 Å². The number of fused-ring (bicyclic) bond motifs is 1. The third-order valence-corrected chi connectivity index (χ3v) is 7.97. The van der Waals surface area contributed by atoms with Gasteiger partial charge in [-0.15, -0.1) is 22.7 Å². The lowest BCUT2D eigenvalue weighted by atomic mass is 10.1. The van der Waals surface area contributed by atoms with Crippen LogP contribution in [0.25, 0.3) is 11.4 Å². The Balaban J connectivity index is 1.48. The minimum Gasteiger partial charge on any atom is -0.382 e. The van der Waals surface area contributed by atoms with E-state index in [0.29, 0.717) is 102 Å². The first kappa shape index (κ1) is 30.5. The molecule has 2 aliphatic rings. The van der Waals surface area contributed by atoms with Gasteiger partial charge in [0.25, 0.3) is 11.8 Å². The molecule has 0 spiro atoms. The van der Waals surface area contributed by atoms with E-state index in [-0.39, 0.29) is 11.8 Å². The summed E-state index contributed by atoms with van der Waals surface area (Å²) in [6.45, 7) is 5.07. The van der Waals surface area contributed by atoms with Crippen molar-refractivity contribution in [1.29, 1.82) is 0 Å². The fraction of sp³-hybridized carbons (Fsp3) is 0.500. The van der Waals surface area contributed by atoms with Crippen LogP contribution in [0, 0.1) is 0 Å². The van der Waals surface area contributed by atoms with E-state index in [1.165, 1.54) is 22.7 Å². The predicted molar refractivity (Wildman–Crippen MR) is 153 cm³/mol. The number of nitrogens with zero attached hydrogens (tertiary/aromatic N) is 2. The summed E-state index contributed by atoms with van der Waals surface area (Å²) in [6, 6.07) is 7.72. The van der Waals surface area contributed by atoms with Crippen LogP contribution in [-0.2, 0) is 38.0 Å². The molecule has 4 rings (SSSR count). The second-order valence-corrected chi connectivity index (χ2v) is 10.6. The second kappa shape index (κ2) is 16.1. The van der Waals surface area contributed by atoms with E-state index in [2.05, 4.69) is 0 Å². The Bertz CT molecular complexity index is 1060. The van der Waals surface area contributed by atoms with E-state index in [1.54, 1.807) is 24.0 Å². The third-order valence-electron chi connectivity index (χ3n) is 6.22. The Morgan fingerprint density at radius 3 is 1.30 bits per heavy atom. The standard InChI is InChI=1S/C28H36N2O8S2/c1-33-11-13-37-17-15-35-9-7-29-25(21-5-3-19-39-21)23-24(27(29)31)26(22-6-4-20-40-22)30(28(23)32)8-10-36-16-18-38-14-12-34-2/h3-6,19-20H,7-18H2,1-2H3. The van der Waals surface area contributed by atoms with Crippen LogP contribution >= 0.6 is 22.7 Å². The normalized spacial score (nSPS) is 15.3. The fourth-order valence-corrected chi connectivity index (χ4v) is 5.97. The van der Waals surface area contributed by atoms with Gasteiger partial charge in [-0.05, 0) is 22.9 Å². The van der Waals surface area contributed by atoms with E-state index in [0.717, 1.165) is 9.75 Å². The molecule has 2 aromatic heterocycles. The molecule has 0 bridgehead atoms. The molecule has 10 nitrogen and oxygen atoms in total. The Kier molecular flexibility index (Phi) is 12.3. The SMILES string of the molecule is COCCOCCOCCN1C(=O)C2=C(c3cccs3)N(CCOCCOCCOC)C(=O)C2=C1c1cccs1. The number of amides is 2. The molecule has 4 heterocycles. The van der Waals surface area contributed by atoms with Gasteiger partial charge in [0.2, 0.25) is 0 Å². The van der Waals surface area contributed by atoms with Crippen LogP contribution in [0.5, 0.6) is 0 Å². The maximum atomic E-state index is 13.9. The topological polar surface area (TPSA) is 96.0 Å². The minimum atomic E-state index is -0.190. The van der Waals surface area contributed by atoms with Crippen LogP contribution in [0.15, 0.2) is 46.2 Å². The molecule has 0 unspecified atom stereocenters. The summed E-state index contributed by atoms with van der Waals surface area (Å²) < 4.78 is 32.3. The van der Waals surface area contributed by atoms with E-state index in [1.807, 2.05) is 35.0 Å². The highest BCUT2D eigenvalue weighted by atomic mass is 32.1. The van der Waals surface area contributed by atoms with Gasteiger partial charge in [-0.3, -0.25) is 9.59 Å². The van der Waals surface area contributed by atoms with Crippen molar-refractivity contribution in [2.75, 3.05) is 93.4 Å². The van der Waals surface area contributed by atoms with Crippen molar-refractivity contribution < 1.29 is 38.0 Å². The molecule has 0 saturated heterocycles. The number of carbonyl (C=O) groups is 2. The quantitative estimate of drug-likeness (QED) is 0.217. The number of carbonyl (C=O) groups excluding carboxylic acids is 2. The second-order valence-electron chi connectivity index (χ2n) is 8.75. The van der Waals surface area contributed by atoms with Gasteiger partial charge in [-0.25, -0.2) is 0 Å². The number of hydrogen-bond donors (Lipinski definition) is 0.